The number of amides is 1. The van der Waals surface area contributed by atoms with Crippen LogP contribution in [-0.4, -0.2) is 27.8 Å². The van der Waals surface area contributed by atoms with E-state index in [4.69, 9.17) is 4.74 Å². The van der Waals surface area contributed by atoms with E-state index in [-0.39, 0.29) is 11.6 Å². The highest BCUT2D eigenvalue weighted by Crippen LogP contribution is 2.23. The minimum absolute atomic E-state index is 0.00529. The molecule has 0 radical (unpaired) electrons. The zero-order chi connectivity index (χ0) is 21.1. The third-order valence-corrected chi connectivity index (χ3v) is 4.54. The van der Waals surface area contributed by atoms with Gasteiger partial charge in [-0.05, 0) is 67.6 Å². The molecule has 0 fully saturated rings. The van der Waals surface area contributed by atoms with Crippen LogP contribution in [0.25, 0.3) is 17.1 Å². The Hall–Kier alpha value is -4.00. The maximum atomic E-state index is 13.4. The summed E-state index contributed by atoms with van der Waals surface area (Å²) in [4.78, 5) is 17.2. The van der Waals surface area contributed by atoms with Crippen LogP contribution in [0.4, 0.5) is 10.1 Å². The average Bonchev–Trinajstić information content (AvgIpc) is 3.21. The molecule has 0 aliphatic heterocycles. The molecule has 0 aliphatic carbocycles. The number of hydrogen-bond donors (Lipinski definition) is 1. The van der Waals surface area contributed by atoms with E-state index in [2.05, 4.69) is 15.4 Å². The van der Waals surface area contributed by atoms with Crippen LogP contribution < -0.4 is 10.1 Å². The molecule has 0 atom stereocenters. The fourth-order valence-corrected chi connectivity index (χ4v) is 2.92. The molecule has 6 nitrogen and oxygen atoms in total. The number of carbonyl (C=O) groups is 1. The van der Waals surface area contributed by atoms with Gasteiger partial charge in [-0.1, -0.05) is 17.7 Å². The van der Waals surface area contributed by atoms with Crippen LogP contribution in [0, 0.1) is 12.7 Å². The lowest BCUT2D eigenvalue weighted by Gasteiger charge is -2.06. The number of halogens is 1. The van der Waals surface area contributed by atoms with Crippen molar-refractivity contribution in [2.75, 3.05) is 12.4 Å². The van der Waals surface area contributed by atoms with E-state index in [0.717, 1.165) is 11.3 Å². The minimum atomic E-state index is -0.450. The minimum Gasteiger partial charge on any atom is -0.497 e. The van der Waals surface area contributed by atoms with Crippen molar-refractivity contribution < 1.29 is 13.9 Å². The van der Waals surface area contributed by atoms with Crippen molar-refractivity contribution in [1.82, 2.24) is 14.8 Å². The molecule has 3 aromatic carbocycles. The Bertz CT molecular complexity index is 1100. The van der Waals surface area contributed by atoms with Crippen LogP contribution in [-0.2, 0) is 0 Å². The lowest BCUT2D eigenvalue weighted by atomic mass is 10.2. The average molecular weight is 402 g/mol. The molecule has 4 aromatic rings. The van der Waals surface area contributed by atoms with Crippen LogP contribution in [0.3, 0.4) is 0 Å². The zero-order valence-electron chi connectivity index (χ0n) is 16.5. The lowest BCUT2D eigenvalue weighted by molar-refractivity contribution is 0.101. The van der Waals surface area contributed by atoms with Crippen LogP contribution in [0.5, 0.6) is 5.75 Å². The summed E-state index contributed by atoms with van der Waals surface area (Å²) in [5, 5.41) is 7.19. The zero-order valence-corrected chi connectivity index (χ0v) is 16.5. The fraction of sp³-hybridized carbons (Fsp3) is 0.0870. The van der Waals surface area contributed by atoms with Crippen LogP contribution in [0.2, 0.25) is 0 Å². The first-order valence-corrected chi connectivity index (χ1v) is 9.29. The number of aromatic nitrogens is 3. The highest BCUT2D eigenvalue weighted by Gasteiger charge is 2.19. The number of carbonyl (C=O) groups excluding carboxylic acids is 1. The van der Waals surface area contributed by atoms with E-state index in [1.165, 1.54) is 12.1 Å². The van der Waals surface area contributed by atoms with Gasteiger partial charge in [0, 0.05) is 11.3 Å². The van der Waals surface area contributed by atoms with Gasteiger partial charge in [-0.25, -0.2) is 14.1 Å². The van der Waals surface area contributed by atoms with Gasteiger partial charge in [0.1, 0.15) is 11.6 Å². The van der Waals surface area contributed by atoms with E-state index in [9.17, 15) is 9.18 Å². The molecule has 1 amide bonds. The molecule has 0 unspecified atom stereocenters. The first-order chi connectivity index (χ1) is 14.5. The summed E-state index contributed by atoms with van der Waals surface area (Å²) in [5.74, 6) is 0.338. The second-order valence-corrected chi connectivity index (χ2v) is 6.70. The summed E-state index contributed by atoms with van der Waals surface area (Å²) in [6, 6.07) is 20.5. The molecule has 0 saturated heterocycles. The van der Waals surface area contributed by atoms with Gasteiger partial charge in [-0.3, -0.25) is 4.79 Å². The Morgan fingerprint density at radius 2 is 1.63 bits per heavy atom. The van der Waals surface area contributed by atoms with E-state index in [0.29, 0.717) is 22.8 Å². The van der Waals surface area contributed by atoms with Gasteiger partial charge >= 0.3 is 0 Å². The van der Waals surface area contributed by atoms with E-state index < -0.39 is 5.91 Å². The summed E-state index contributed by atoms with van der Waals surface area (Å²) in [6.07, 6.45) is 0. The number of nitrogens with zero attached hydrogens (tertiary/aromatic N) is 3. The van der Waals surface area contributed by atoms with E-state index >= 15 is 0 Å². The molecule has 0 saturated carbocycles. The monoisotopic (exact) mass is 402 g/mol. The molecule has 0 bridgehead atoms. The first kappa shape index (κ1) is 19.3. The van der Waals surface area contributed by atoms with Crippen molar-refractivity contribution in [3.63, 3.8) is 0 Å². The second-order valence-electron chi connectivity index (χ2n) is 6.70. The number of anilines is 1. The van der Waals surface area contributed by atoms with Gasteiger partial charge in [0.15, 0.2) is 5.82 Å². The van der Waals surface area contributed by atoms with Crippen molar-refractivity contribution >= 4 is 11.6 Å². The highest BCUT2D eigenvalue weighted by molar-refractivity contribution is 6.01. The third kappa shape index (κ3) is 4.05. The number of rotatable bonds is 5. The standard InChI is InChI=1S/C23H19FN4O2/c1-15-3-11-19(12-4-15)28-22(16-5-7-17(24)8-6-16)26-21(27-28)23(29)25-18-9-13-20(30-2)14-10-18/h3-14H,1-2H3,(H,25,29). The van der Waals surface area contributed by atoms with Crippen LogP contribution >= 0.6 is 0 Å². The van der Waals surface area contributed by atoms with E-state index in [1.54, 1.807) is 48.2 Å². The molecule has 30 heavy (non-hydrogen) atoms. The van der Waals surface area contributed by atoms with Gasteiger partial charge in [0.05, 0.1) is 12.8 Å². The molecule has 150 valence electrons. The van der Waals surface area contributed by atoms with Crippen molar-refractivity contribution in [1.29, 1.82) is 0 Å². The molecule has 1 heterocycles. The Labute approximate surface area is 173 Å². The normalized spacial score (nSPS) is 10.6. The Kier molecular flexibility index (Phi) is 5.26. The lowest BCUT2D eigenvalue weighted by Crippen LogP contribution is -2.14. The maximum absolute atomic E-state index is 13.4. The van der Waals surface area contributed by atoms with Gasteiger partial charge in [-0.2, -0.15) is 0 Å². The fourth-order valence-electron chi connectivity index (χ4n) is 2.92. The van der Waals surface area contributed by atoms with Gasteiger partial charge in [0.2, 0.25) is 5.82 Å². The van der Waals surface area contributed by atoms with Crippen LogP contribution in [0.1, 0.15) is 16.2 Å². The molecule has 1 aromatic heterocycles. The third-order valence-electron chi connectivity index (χ3n) is 4.54. The topological polar surface area (TPSA) is 69.0 Å². The number of benzene rings is 3. The van der Waals surface area contributed by atoms with Crippen molar-refractivity contribution in [3.05, 3.63) is 90.0 Å². The van der Waals surface area contributed by atoms with Gasteiger partial charge < -0.3 is 10.1 Å². The molecular weight excluding hydrogens is 383 g/mol. The summed E-state index contributed by atoms with van der Waals surface area (Å²) >= 11 is 0. The largest absolute Gasteiger partial charge is 0.497 e. The second kappa shape index (κ2) is 8.16. The Balaban J connectivity index is 1.71. The SMILES string of the molecule is COc1ccc(NC(=O)c2nc(-c3ccc(F)cc3)n(-c3ccc(C)cc3)n2)cc1. The Morgan fingerprint density at radius 1 is 0.967 bits per heavy atom. The number of ether oxygens (including phenoxy) is 1. The van der Waals surface area contributed by atoms with Gasteiger partial charge in [-0.15, -0.1) is 5.10 Å². The predicted molar refractivity (Wildman–Crippen MR) is 112 cm³/mol. The number of methoxy groups -OCH3 is 1. The summed E-state index contributed by atoms with van der Waals surface area (Å²) in [6.45, 7) is 1.99. The predicted octanol–water partition coefficient (Wildman–Crippen LogP) is 4.64. The molecule has 0 aliphatic rings. The smallest absolute Gasteiger partial charge is 0.295 e. The van der Waals surface area contributed by atoms with Crippen molar-refractivity contribution in [2.45, 2.75) is 6.92 Å². The molecule has 4 rings (SSSR count). The molecule has 1 N–H and O–H groups in total. The maximum Gasteiger partial charge on any atom is 0.295 e. The summed E-state index contributed by atoms with van der Waals surface area (Å²) in [7, 11) is 1.58. The highest BCUT2D eigenvalue weighted by atomic mass is 19.1. The first-order valence-electron chi connectivity index (χ1n) is 9.29. The quantitative estimate of drug-likeness (QED) is 0.528. The molecular formula is C23H19FN4O2. The number of nitrogens with one attached hydrogen (secondary N) is 1. The molecule has 0 spiro atoms. The van der Waals surface area contributed by atoms with Crippen LogP contribution in [0.15, 0.2) is 72.8 Å². The number of aryl methyl sites for hydroxylation is 1. The summed E-state index contributed by atoms with van der Waals surface area (Å²) in [5.41, 5.74) is 3.08. The molecule has 7 heteroatoms. The van der Waals surface area contributed by atoms with E-state index in [1.807, 2.05) is 31.2 Å². The van der Waals surface area contributed by atoms with Crippen molar-refractivity contribution in [2.24, 2.45) is 0 Å². The van der Waals surface area contributed by atoms with Gasteiger partial charge in [0.25, 0.3) is 5.91 Å². The van der Waals surface area contributed by atoms with Crippen molar-refractivity contribution in [3.8, 4) is 22.8 Å². The Morgan fingerprint density at radius 3 is 2.27 bits per heavy atom. The number of hydrogen-bond acceptors (Lipinski definition) is 4. The summed E-state index contributed by atoms with van der Waals surface area (Å²) < 4.78 is 20.1.